The van der Waals surface area contributed by atoms with Gasteiger partial charge in [-0.25, -0.2) is 4.98 Å². The van der Waals surface area contributed by atoms with Gasteiger partial charge in [0.2, 0.25) is 5.95 Å². The highest BCUT2D eigenvalue weighted by molar-refractivity contribution is 9.10. The number of rotatable bonds is 2. The molecular formula is C14H21BrN4O. The summed E-state index contributed by atoms with van der Waals surface area (Å²) in [5.41, 5.74) is 0.312. The van der Waals surface area contributed by atoms with Crippen molar-refractivity contribution >= 4 is 27.7 Å². The van der Waals surface area contributed by atoms with Gasteiger partial charge in [0.05, 0.1) is 17.7 Å². The highest BCUT2D eigenvalue weighted by Crippen LogP contribution is 2.40. The zero-order valence-electron chi connectivity index (χ0n) is 11.9. The maximum atomic E-state index is 5.84. The molecule has 0 atom stereocenters. The van der Waals surface area contributed by atoms with Crippen molar-refractivity contribution in [3.05, 3.63) is 10.7 Å². The molecule has 0 aromatic carbocycles. The second-order valence-electron chi connectivity index (χ2n) is 5.80. The number of halogens is 1. The van der Waals surface area contributed by atoms with E-state index in [4.69, 9.17) is 4.74 Å². The summed E-state index contributed by atoms with van der Waals surface area (Å²) in [4.78, 5) is 11.4. The van der Waals surface area contributed by atoms with E-state index in [2.05, 4.69) is 36.1 Å². The van der Waals surface area contributed by atoms with Crippen LogP contribution in [0.1, 0.15) is 25.7 Å². The Morgan fingerprint density at radius 2 is 2.20 bits per heavy atom. The van der Waals surface area contributed by atoms with Crippen LogP contribution in [0, 0.1) is 5.41 Å². The van der Waals surface area contributed by atoms with Gasteiger partial charge in [-0.15, -0.1) is 0 Å². The average Bonchev–Trinajstić information content (AvgIpc) is 2.80. The molecule has 2 fully saturated rings. The van der Waals surface area contributed by atoms with Gasteiger partial charge in [0, 0.05) is 31.7 Å². The van der Waals surface area contributed by atoms with Crippen LogP contribution in [0.2, 0.25) is 0 Å². The van der Waals surface area contributed by atoms with Gasteiger partial charge < -0.3 is 15.0 Å². The van der Waals surface area contributed by atoms with E-state index in [9.17, 15) is 0 Å². The third-order valence-corrected chi connectivity index (χ3v) is 4.94. The lowest BCUT2D eigenvalue weighted by molar-refractivity contribution is 0.0733. The molecule has 5 nitrogen and oxygen atoms in total. The van der Waals surface area contributed by atoms with Gasteiger partial charge in [0.15, 0.2) is 0 Å². The lowest BCUT2D eigenvalue weighted by atomic mass is 9.87. The first-order valence-electron chi connectivity index (χ1n) is 7.25. The zero-order valence-corrected chi connectivity index (χ0v) is 13.4. The number of anilines is 2. The Morgan fingerprint density at radius 3 is 2.95 bits per heavy atom. The third kappa shape index (κ3) is 2.76. The average molecular weight is 341 g/mol. The van der Waals surface area contributed by atoms with Crippen LogP contribution in [0.25, 0.3) is 0 Å². The van der Waals surface area contributed by atoms with E-state index in [-0.39, 0.29) is 0 Å². The van der Waals surface area contributed by atoms with Crippen molar-refractivity contribution in [3.63, 3.8) is 0 Å². The number of aromatic nitrogens is 2. The minimum absolute atomic E-state index is 0.312. The Balaban J connectivity index is 1.84. The second-order valence-corrected chi connectivity index (χ2v) is 6.65. The summed E-state index contributed by atoms with van der Waals surface area (Å²) in [6.45, 7) is 3.53. The van der Waals surface area contributed by atoms with Crippen molar-refractivity contribution in [2.24, 2.45) is 5.41 Å². The van der Waals surface area contributed by atoms with Crippen LogP contribution in [0.5, 0.6) is 0 Å². The smallest absolute Gasteiger partial charge is 0.227 e. The molecule has 1 aliphatic heterocycles. The van der Waals surface area contributed by atoms with Crippen LogP contribution in [0.4, 0.5) is 11.8 Å². The maximum absolute atomic E-state index is 5.84. The van der Waals surface area contributed by atoms with Crippen molar-refractivity contribution in [1.82, 2.24) is 9.97 Å². The van der Waals surface area contributed by atoms with Gasteiger partial charge in [-0.05, 0) is 28.8 Å². The molecule has 2 aliphatic rings. The molecule has 3 rings (SSSR count). The van der Waals surface area contributed by atoms with Gasteiger partial charge in [-0.1, -0.05) is 12.8 Å². The van der Waals surface area contributed by atoms with Gasteiger partial charge in [-0.3, -0.25) is 0 Å². The van der Waals surface area contributed by atoms with Gasteiger partial charge in [0.1, 0.15) is 5.82 Å². The Bertz CT molecular complexity index is 476. The van der Waals surface area contributed by atoms with Gasteiger partial charge in [0.25, 0.3) is 0 Å². The fraction of sp³-hybridized carbons (Fsp3) is 0.714. The number of hydrogen-bond donors (Lipinski definition) is 1. The molecule has 1 saturated heterocycles. The molecule has 0 unspecified atom stereocenters. The lowest BCUT2D eigenvalue weighted by Gasteiger charge is -2.31. The van der Waals surface area contributed by atoms with Crippen LogP contribution in [-0.2, 0) is 4.74 Å². The molecule has 20 heavy (non-hydrogen) atoms. The molecule has 2 heterocycles. The first-order valence-corrected chi connectivity index (χ1v) is 8.05. The van der Waals surface area contributed by atoms with Crippen LogP contribution in [0.3, 0.4) is 0 Å². The van der Waals surface area contributed by atoms with Crippen LogP contribution in [-0.4, -0.2) is 43.3 Å². The van der Waals surface area contributed by atoms with Gasteiger partial charge >= 0.3 is 0 Å². The van der Waals surface area contributed by atoms with E-state index >= 15 is 0 Å². The summed E-state index contributed by atoms with van der Waals surface area (Å²) >= 11 is 3.46. The second kappa shape index (κ2) is 5.85. The monoisotopic (exact) mass is 340 g/mol. The fourth-order valence-electron chi connectivity index (χ4n) is 3.28. The van der Waals surface area contributed by atoms with Crippen molar-refractivity contribution in [3.8, 4) is 0 Å². The molecule has 6 heteroatoms. The van der Waals surface area contributed by atoms with Crippen LogP contribution >= 0.6 is 15.9 Å². The summed E-state index contributed by atoms with van der Waals surface area (Å²) < 4.78 is 6.74. The summed E-state index contributed by atoms with van der Waals surface area (Å²) in [6.07, 6.45) is 6.99. The molecule has 0 bridgehead atoms. The zero-order chi connectivity index (χ0) is 14.0. The van der Waals surface area contributed by atoms with Crippen molar-refractivity contribution in [1.29, 1.82) is 0 Å². The number of nitrogens with one attached hydrogen (secondary N) is 1. The van der Waals surface area contributed by atoms with E-state index in [0.717, 1.165) is 42.5 Å². The summed E-state index contributed by atoms with van der Waals surface area (Å²) in [7, 11) is 1.88. The molecule has 0 amide bonds. The Kier molecular flexibility index (Phi) is 4.12. The first kappa shape index (κ1) is 14.1. The van der Waals surface area contributed by atoms with E-state index in [1.165, 1.54) is 25.7 Å². The predicted molar refractivity (Wildman–Crippen MR) is 83.2 cm³/mol. The molecule has 1 spiro atoms. The van der Waals surface area contributed by atoms with Crippen molar-refractivity contribution in [2.75, 3.05) is 43.6 Å². The molecule has 0 radical (unpaired) electrons. The Labute approximate surface area is 128 Å². The minimum Gasteiger partial charge on any atom is -0.379 e. The number of nitrogens with zero attached hydrogens (tertiary/aromatic N) is 3. The lowest BCUT2D eigenvalue weighted by Crippen LogP contribution is -2.37. The predicted octanol–water partition coefficient (Wildman–Crippen LogP) is 2.68. The summed E-state index contributed by atoms with van der Waals surface area (Å²) in [6, 6.07) is 0. The normalized spacial score (nSPS) is 22.0. The van der Waals surface area contributed by atoms with E-state index in [1.807, 2.05) is 13.2 Å². The topological polar surface area (TPSA) is 50.3 Å². The molecule has 1 aromatic heterocycles. The number of hydrogen-bond acceptors (Lipinski definition) is 5. The van der Waals surface area contributed by atoms with E-state index in [0.29, 0.717) is 5.41 Å². The summed E-state index contributed by atoms with van der Waals surface area (Å²) in [5, 5.41) is 3.10. The SMILES string of the molecule is CNc1nc(N2CCOCC3(CCCC3)C2)ncc1Br. The summed E-state index contributed by atoms with van der Waals surface area (Å²) in [5.74, 6) is 1.63. The van der Waals surface area contributed by atoms with Crippen LogP contribution in [0.15, 0.2) is 10.7 Å². The molecule has 1 N–H and O–H groups in total. The van der Waals surface area contributed by atoms with Crippen molar-refractivity contribution in [2.45, 2.75) is 25.7 Å². The molecule has 1 saturated carbocycles. The highest BCUT2D eigenvalue weighted by atomic mass is 79.9. The van der Waals surface area contributed by atoms with Gasteiger partial charge in [-0.2, -0.15) is 4.98 Å². The third-order valence-electron chi connectivity index (χ3n) is 4.36. The standard InChI is InChI=1S/C14H21BrN4O/c1-16-12-11(15)8-17-13(18-12)19-6-7-20-10-14(9-19)4-2-3-5-14/h8H,2-7,9-10H2,1H3,(H,16,17,18). The Morgan fingerprint density at radius 1 is 1.40 bits per heavy atom. The van der Waals surface area contributed by atoms with E-state index in [1.54, 1.807) is 0 Å². The fourth-order valence-corrected chi connectivity index (χ4v) is 3.67. The van der Waals surface area contributed by atoms with Crippen molar-refractivity contribution < 1.29 is 4.74 Å². The first-order chi connectivity index (χ1) is 9.72. The largest absolute Gasteiger partial charge is 0.379 e. The highest BCUT2D eigenvalue weighted by Gasteiger charge is 2.38. The van der Waals surface area contributed by atoms with Crippen LogP contribution < -0.4 is 10.2 Å². The maximum Gasteiger partial charge on any atom is 0.227 e. The molecule has 1 aromatic rings. The number of ether oxygens (including phenoxy) is 1. The molecular weight excluding hydrogens is 320 g/mol. The minimum atomic E-state index is 0.312. The van der Waals surface area contributed by atoms with E-state index < -0.39 is 0 Å². The molecule has 110 valence electrons. The Hall–Kier alpha value is -0.880. The molecule has 1 aliphatic carbocycles. The quantitative estimate of drug-likeness (QED) is 0.896.